The first-order valence-corrected chi connectivity index (χ1v) is 6.74. The van der Waals surface area contributed by atoms with Crippen molar-refractivity contribution in [2.24, 2.45) is 17.8 Å². The van der Waals surface area contributed by atoms with Gasteiger partial charge in [-0.05, 0) is 39.0 Å². The van der Waals surface area contributed by atoms with Crippen LogP contribution < -0.4 is 0 Å². The first-order valence-electron chi connectivity index (χ1n) is 6.74. The number of nitrogens with zero attached hydrogens (tertiary/aromatic N) is 1. The quantitative estimate of drug-likeness (QED) is 0.759. The highest BCUT2D eigenvalue weighted by molar-refractivity contribution is 5.90. The zero-order valence-corrected chi connectivity index (χ0v) is 11.9. The van der Waals surface area contributed by atoms with E-state index in [1.165, 1.54) is 0 Å². The molecule has 0 aromatic rings. The number of Topliss-reactive ketones (excluding diaryl/α,β-unsaturated/α-hetero) is 1. The van der Waals surface area contributed by atoms with Gasteiger partial charge in [-0.1, -0.05) is 13.8 Å². The lowest BCUT2D eigenvalue weighted by Crippen LogP contribution is -2.46. The van der Waals surface area contributed by atoms with E-state index < -0.39 is 5.60 Å². The van der Waals surface area contributed by atoms with Crippen LogP contribution in [0.5, 0.6) is 0 Å². The molecule has 1 aliphatic carbocycles. The van der Waals surface area contributed by atoms with Crippen LogP contribution in [-0.4, -0.2) is 35.0 Å². The summed E-state index contributed by atoms with van der Waals surface area (Å²) in [5, 5.41) is 0. The van der Waals surface area contributed by atoms with Gasteiger partial charge in [-0.25, -0.2) is 4.79 Å². The molecule has 1 amide bonds. The highest BCUT2D eigenvalue weighted by Crippen LogP contribution is 2.50. The number of hydrogen-bond acceptors (Lipinski definition) is 3. The summed E-state index contributed by atoms with van der Waals surface area (Å²) in [5.74, 6) is 1.04. The molecule has 1 aliphatic heterocycles. The van der Waals surface area contributed by atoms with E-state index in [2.05, 4.69) is 0 Å². The lowest BCUT2D eigenvalue weighted by atomic mass is 9.98. The number of piperidine rings is 1. The van der Waals surface area contributed by atoms with Crippen LogP contribution in [0.3, 0.4) is 0 Å². The Bertz CT molecular complexity index is 370. The van der Waals surface area contributed by atoms with Gasteiger partial charge >= 0.3 is 6.09 Å². The Hall–Kier alpha value is -1.06. The van der Waals surface area contributed by atoms with Crippen LogP contribution in [0.2, 0.25) is 0 Å². The molecule has 1 heterocycles. The van der Waals surface area contributed by atoms with Crippen molar-refractivity contribution in [2.75, 3.05) is 6.54 Å². The van der Waals surface area contributed by atoms with Crippen LogP contribution in [-0.2, 0) is 9.53 Å². The number of likely N-dealkylation sites (tertiary alicyclic amines) is 1. The van der Waals surface area contributed by atoms with E-state index in [0.717, 1.165) is 6.42 Å². The zero-order chi connectivity index (χ0) is 13.7. The second-order valence-electron chi connectivity index (χ2n) is 6.79. The minimum Gasteiger partial charge on any atom is -0.444 e. The van der Waals surface area contributed by atoms with Gasteiger partial charge in [0.15, 0.2) is 5.78 Å². The van der Waals surface area contributed by atoms with Crippen LogP contribution in [0.15, 0.2) is 0 Å². The molecule has 0 unspecified atom stereocenters. The van der Waals surface area contributed by atoms with Crippen LogP contribution in [0.4, 0.5) is 4.79 Å². The lowest BCUT2D eigenvalue weighted by molar-refractivity contribution is -0.127. The molecule has 0 spiro atoms. The predicted molar refractivity (Wildman–Crippen MR) is 68.2 cm³/mol. The highest BCUT2D eigenvalue weighted by Gasteiger charge is 2.57. The Labute approximate surface area is 109 Å². The van der Waals surface area contributed by atoms with Crippen molar-refractivity contribution in [2.45, 2.75) is 52.7 Å². The molecule has 0 radical (unpaired) electrons. The Morgan fingerprint density at radius 3 is 2.39 bits per heavy atom. The smallest absolute Gasteiger partial charge is 0.410 e. The molecule has 102 valence electrons. The van der Waals surface area contributed by atoms with Gasteiger partial charge in [0.25, 0.3) is 0 Å². The number of fused-ring (bicyclic) bond motifs is 1. The zero-order valence-electron chi connectivity index (χ0n) is 11.9. The third-order valence-corrected chi connectivity index (χ3v) is 3.64. The Kier molecular flexibility index (Phi) is 3.16. The van der Waals surface area contributed by atoms with Gasteiger partial charge in [-0.3, -0.25) is 9.69 Å². The summed E-state index contributed by atoms with van der Waals surface area (Å²) < 4.78 is 5.39. The van der Waals surface area contributed by atoms with Crippen molar-refractivity contribution in [3.63, 3.8) is 0 Å². The van der Waals surface area contributed by atoms with E-state index in [4.69, 9.17) is 4.74 Å². The monoisotopic (exact) mass is 253 g/mol. The fraction of sp³-hybridized carbons (Fsp3) is 0.857. The number of amides is 1. The molecule has 2 rings (SSSR count). The fourth-order valence-electron chi connectivity index (χ4n) is 2.68. The summed E-state index contributed by atoms with van der Waals surface area (Å²) in [5.41, 5.74) is -0.505. The molecule has 3 atom stereocenters. The van der Waals surface area contributed by atoms with E-state index >= 15 is 0 Å². The van der Waals surface area contributed by atoms with Crippen LogP contribution >= 0.6 is 0 Å². The average Bonchev–Trinajstić information content (AvgIpc) is 2.86. The second kappa shape index (κ2) is 4.25. The van der Waals surface area contributed by atoms with Gasteiger partial charge < -0.3 is 4.74 Å². The number of carbonyl (C=O) groups excluding carboxylic acids is 2. The van der Waals surface area contributed by atoms with Gasteiger partial charge in [0, 0.05) is 12.5 Å². The summed E-state index contributed by atoms with van der Waals surface area (Å²) in [6, 6.07) is -0.246. The molecule has 2 fully saturated rings. The van der Waals surface area contributed by atoms with Gasteiger partial charge in [-0.2, -0.15) is 0 Å². The van der Waals surface area contributed by atoms with Crippen molar-refractivity contribution in [1.82, 2.24) is 4.90 Å². The van der Waals surface area contributed by atoms with E-state index in [0.29, 0.717) is 18.4 Å². The molecule has 4 heteroatoms. The largest absolute Gasteiger partial charge is 0.444 e. The minimum atomic E-state index is -0.505. The van der Waals surface area contributed by atoms with Crippen LogP contribution in [0.1, 0.15) is 41.0 Å². The maximum absolute atomic E-state index is 12.2. The first kappa shape index (κ1) is 13.4. The van der Waals surface area contributed by atoms with Gasteiger partial charge in [0.2, 0.25) is 0 Å². The third-order valence-electron chi connectivity index (χ3n) is 3.64. The number of hydrogen-bond donors (Lipinski definition) is 0. The standard InChI is InChI=1S/C14H23NO3/c1-8(2)12(16)11-10-6-9(10)7-15(11)13(17)18-14(3,4)5/h8-11H,6-7H2,1-5H3/t9-,10-,11+/m1/s1. The molecular formula is C14H23NO3. The van der Waals surface area contributed by atoms with Gasteiger partial charge in [0.1, 0.15) is 5.60 Å². The predicted octanol–water partition coefficient (Wildman–Crippen LogP) is 2.47. The average molecular weight is 253 g/mol. The fourth-order valence-corrected chi connectivity index (χ4v) is 2.68. The van der Waals surface area contributed by atoms with Gasteiger partial charge in [0.05, 0.1) is 6.04 Å². The number of ketones is 1. The Balaban J connectivity index is 2.08. The topological polar surface area (TPSA) is 46.6 Å². The molecular weight excluding hydrogens is 230 g/mol. The first-order chi connectivity index (χ1) is 8.20. The number of rotatable bonds is 2. The van der Waals surface area contributed by atoms with Crippen molar-refractivity contribution in [1.29, 1.82) is 0 Å². The molecule has 0 aromatic carbocycles. The number of carbonyl (C=O) groups is 2. The molecule has 1 saturated heterocycles. The Morgan fingerprint density at radius 2 is 1.89 bits per heavy atom. The Morgan fingerprint density at radius 1 is 1.28 bits per heavy atom. The lowest BCUT2D eigenvalue weighted by Gasteiger charge is -2.30. The molecule has 0 aromatic heterocycles. The molecule has 2 aliphatic rings. The minimum absolute atomic E-state index is 0.0284. The SMILES string of the molecule is CC(C)C(=O)[C@@H]1[C@@H]2C[C@@H]2CN1C(=O)OC(C)(C)C. The second-order valence-corrected chi connectivity index (χ2v) is 6.79. The van der Waals surface area contributed by atoms with Crippen LogP contribution in [0.25, 0.3) is 0 Å². The van der Waals surface area contributed by atoms with E-state index in [9.17, 15) is 9.59 Å². The normalized spacial score (nSPS) is 30.3. The molecule has 0 N–H and O–H groups in total. The van der Waals surface area contributed by atoms with Crippen molar-refractivity contribution < 1.29 is 14.3 Å². The van der Waals surface area contributed by atoms with Crippen molar-refractivity contribution in [3.8, 4) is 0 Å². The molecule has 1 saturated carbocycles. The third kappa shape index (κ3) is 2.52. The van der Waals surface area contributed by atoms with Gasteiger partial charge in [-0.15, -0.1) is 0 Å². The summed E-state index contributed by atoms with van der Waals surface area (Å²) >= 11 is 0. The van der Waals surface area contributed by atoms with Crippen molar-refractivity contribution in [3.05, 3.63) is 0 Å². The van der Waals surface area contributed by atoms with Crippen molar-refractivity contribution >= 4 is 11.9 Å². The summed E-state index contributed by atoms with van der Waals surface area (Å²) in [6.45, 7) is 10.0. The number of ether oxygens (including phenoxy) is 1. The highest BCUT2D eigenvalue weighted by atomic mass is 16.6. The van der Waals surface area contributed by atoms with E-state index in [1.54, 1.807) is 4.90 Å². The molecule has 4 nitrogen and oxygen atoms in total. The summed E-state index contributed by atoms with van der Waals surface area (Å²) in [7, 11) is 0. The van der Waals surface area contributed by atoms with E-state index in [1.807, 2.05) is 34.6 Å². The molecule has 18 heavy (non-hydrogen) atoms. The van der Waals surface area contributed by atoms with Crippen LogP contribution in [0, 0.1) is 17.8 Å². The molecule has 0 bridgehead atoms. The summed E-state index contributed by atoms with van der Waals surface area (Å²) in [6.07, 6.45) is 0.747. The summed E-state index contributed by atoms with van der Waals surface area (Å²) in [4.78, 5) is 26.0. The maximum atomic E-state index is 12.2. The van der Waals surface area contributed by atoms with E-state index in [-0.39, 0.29) is 23.8 Å². The maximum Gasteiger partial charge on any atom is 0.410 e.